The number of carbonyl (C=O) groups excluding carboxylic acids is 1. The minimum atomic E-state index is -0.371. The second-order valence-corrected chi connectivity index (χ2v) is 5.39. The van der Waals surface area contributed by atoms with Gasteiger partial charge >= 0.3 is 0 Å². The van der Waals surface area contributed by atoms with Crippen LogP contribution in [0.1, 0.15) is 15.9 Å². The van der Waals surface area contributed by atoms with Crippen LogP contribution in [0.25, 0.3) is 17.0 Å². The molecule has 0 atom stereocenters. The first-order valence-electron chi connectivity index (χ1n) is 7.56. The number of aryl methyl sites for hydroxylation is 1. The van der Waals surface area contributed by atoms with Gasteiger partial charge in [-0.1, -0.05) is 6.07 Å². The minimum Gasteiger partial charge on any atom is -0.290 e. The third-order valence-electron chi connectivity index (χ3n) is 3.54. The number of amides is 1. The first-order chi connectivity index (χ1) is 12.2. The quantitative estimate of drug-likeness (QED) is 0.617. The van der Waals surface area contributed by atoms with Crippen molar-refractivity contribution in [2.45, 2.75) is 6.92 Å². The van der Waals surface area contributed by atoms with Gasteiger partial charge in [0.05, 0.1) is 17.6 Å². The van der Waals surface area contributed by atoms with Crippen LogP contribution in [-0.2, 0) is 0 Å². The third-order valence-corrected chi connectivity index (χ3v) is 3.54. The van der Waals surface area contributed by atoms with Crippen LogP contribution in [-0.4, -0.2) is 35.5 Å². The van der Waals surface area contributed by atoms with E-state index < -0.39 is 0 Å². The monoisotopic (exact) mass is 331 g/mol. The van der Waals surface area contributed by atoms with Gasteiger partial charge in [0.25, 0.3) is 5.91 Å². The van der Waals surface area contributed by atoms with Crippen molar-refractivity contribution < 1.29 is 4.79 Å². The topological polar surface area (TPSA) is 98.0 Å². The van der Waals surface area contributed by atoms with Crippen LogP contribution in [0.4, 0.5) is 5.95 Å². The molecule has 0 aliphatic rings. The summed E-state index contributed by atoms with van der Waals surface area (Å²) in [5.41, 5.74) is 3.11. The van der Waals surface area contributed by atoms with Crippen LogP contribution >= 0.6 is 0 Å². The summed E-state index contributed by atoms with van der Waals surface area (Å²) < 4.78 is 1.56. The number of carbonyl (C=O) groups is 1. The fourth-order valence-electron chi connectivity index (χ4n) is 2.37. The molecule has 1 N–H and O–H groups in total. The van der Waals surface area contributed by atoms with Gasteiger partial charge in [0.15, 0.2) is 5.65 Å². The van der Waals surface area contributed by atoms with Crippen molar-refractivity contribution in [2.75, 3.05) is 5.32 Å². The highest BCUT2D eigenvalue weighted by atomic mass is 16.1. The van der Waals surface area contributed by atoms with E-state index in [4.69, 9.17) is 0 Å². The Hall–Kier alpha value is -3.68. The Bertz CT molecular complexity index is 1060. The van der Waals surface area contributed by atoms with Gasteiger partial charge in [0.1, 0.15) is 5.56 Å². The molecule has 0 aliphatic heterocycles. The second kappa shape index (κ2) is 6.08. The molecule has 8 nitrogen and oxygen atoms in total. The van der Waals surface area contributed by atoms with Crippen LogP contribution in [0.2, 0.25) is 0 Å². The van der Waals surface area contributed by atoms with Crippen molar-refractivity contribution in [3.8, 4) is 11.4 Å². The van der Waals surface area contributed by atoms with Crippen molar-refractivity contribution in [3.05, 3.63) is 66.4 Å². The first-order valence-corrected chi connectivity index (χ1v) is 7.56. The summed E-state index contributed by atoms with van der Waals surface area (Å²) in [7, 11) is 0. The molecule has 1 amide bonds. The Labute approximate surface area is 142 Å². The maximum absolute atomic E-state index is 12.5. The predicted octanol–water partition coefficient (Wildman–Crippen LogP) is 2.14. The lowest BCUT2D eigenvalue weighted by atomic mass is 10.2. The zero-order chi connectivity index (χ0) is 17.2. The molecule has 0 radical (unpaired) electrons. The molecule has 25 heavy (non-hydrogen) atoms. The molecule has 0 saturated heterocycles. The Balaban J connectivity index is 1.62. The minimum absolute atomic E-state index is 0.194. The van der Waals surface area contributed by atoms with Crippen molar-refractivity contribution in [3.63, 3.8) is 0 Å². The smallest absolute Gasteiger partial charge is 0.263 e. The number of hydrogen-bond donors (Lipinski definition) is 1. The van der Waals surface area contributed by atoms with Gasteiger partial charge in [-0.25, -0.2) is 19.5 Å². The number of anilines is 1. The lowest BCUT2D eigenvalue weighted by Crippen LogP contribution is -2.14. The van der Waals surface area contributed by atoms with E-state index in [-0.39, 0.29) is 11.9 Å². The summed E-state index contributed by atoms with van der Waals surface area (Å²) in [5.74, 6) is -0.177. The highest BCUT2D eigenvalue weighted by molar-refractivity contribution is 6.07. The predicted molar refractivity (Wildman–Crippen MR) is 90.9 cm³/mol. The van der Waals surface area contributed by atoms with Crippen molar-refractivity contribution >= 4 is 17.5 Å². The number of nitrogens with zero attached hydrogens (tertiary/aromatic N) is 6. The molecule has 0 fully saturated rings. The summed E-state index contributed by atoms with van der Waals surface area (Å²) in [6.07, 6.45) is 8.22. The molecule has 122 valence electrons. The lowest BCUT2D eigenvalue weighted by Gasteiger charge is -2.04. The van der Waals surface area contributed by atoms with Gasteiger partial charge in [0.2, 0.25) is 5.95 Å². The van der Waals surface area contributed by atoms with Crippen LogP contribution in [0.3, 0.4) is 0 Å². The molecule has 4 aromatic heterocycles. The van der Waals surface area contributed by atoms with Crippen LogP contribution in [0.15, 0.2) is 55.2 Å². The largest absolute Gasteiger partial charge is 0.290 e. The Morgan fingerprint density at radius 2 is 1.96 bits per heavy atom. The summed E-state index contributed by atoms with van der Waals surface area (Å²) >= 11 is 0. The normalized spacial score (nSPS) is 10.8. The van der Waals surface area contributed by atoms with Gasteiger partial charge in [-0.15, -0.1) is 0 Å². The maximum atomic E-state index is 12.5. The van der Waals surface area contributed by atoms with E-state index in [9.17, 15) is 4.79 Å². The zero-order valence-electron chi connectivity index (χ0n) is 13.3. The van der Waals surface area contributed by atoms with E-state index in [0.29, 0.717) is 22.6 Å². The Morgan fingerprint density at radius 3 is 2.80 bits per heavy atom. The Morgan fingerprint density at radius 1 is 1.04 bits per heavy atom. The van der Waals surface area contributed by atoms with Crippen molar-refractivity contribution in [1.82, 2.24) is 29.5 Å². The van der Waals surface area contributed by atoms with Crippen LogP contribution < -0.4 is 5.32 Å². The number of fused-ring (bicyclic) bond motifs is 1. The van der Waals surface area contributed by atoms with E-state index in [1.165, 1.54) is 6.20 Å². The first kappa shape index (κ1) is 14.9. The van der Waals surface area contributed by atoms with Crippen LogP contribution in [0, 0.1) is 6.92 Å². The molecule has 4 aromatic rings. The number of nitrogens with one attached hydrogen (secondary N) is 1. The number of pyridine rings is 1. The number of hydrogen-bond acceptors (Lipinski definition) is 6. The average molecular weight is 331 g/mol. The van der Waals surface area contributed by atoms with Gasteiger partial charge in [-0.05, 0) is 30.7 Å². The molecule has 4 rings (SSSR count). The fourth-order valence-corrected chi connectivity index (χ4v) is 2.37. The molecule has 0 unspecified atom stereocenters. The van der Waals surface area contributed by atoms with Gasteiger partial charge in [-0.3, -0.25) is 15.1 Å². The van der Waals surface area contributed by atoms with E-state index in [0.717, 1.165) is 5.56 Å². The molecular formula is C17H13N7O. The second-order valence-electron chi connectivity index (χ2n) is 5.39. The summed E-state index contributed by atoms with van der Waals surface area (Å²) in [5, 5.41) is 6.83. The summed E-state index contributed by atoms with van der Waals surface area (Å²) in [6, 6.07) is 7.27. The molecule has 4 heterocycles. The molecular weight excluding hydrogens is 318 g/mol. The highest BCUT2D eigenvalue weighted by Crippen LogP contribution is 2.15. The van der Waals surface area contributed by atoms with Crippen LogP contribution in [0.5, 0.6) is 0 Å². The third kappa shape index (κ3) is 2.92. The highest BCUT2D eigenvalue weighted by Gasteiger charge is 2.15. The van der Waals surface area contributed by atoms with E-state index in [1.54, 1.807) is 35.4 Å². The van der Waals surface area contributed by atoms with E-state index >= 15 is 0 Å². The molecule has 0 aliphatic carbocycles. The fraction of sp³-hybridized carbons (Fsp3) is 0.0588. The van der Waals surface area contributed by atoms with Crippen molar-refractivity contribution in [1.29, 1.82) is 0 Å². The number of aromatic nitrogens is 6. The summed E-state index contributed by atoms with van der Waals surface area (Å²) in [4.78, 5) is 29.4. The summed E-state index contributed by atoms with van der Waals surface area (Å²) in [6.45, 7) is 1.91. The standard InChI is InChI=1S/C17H13N7O/c1-11-8-20-15-12(9-21-24(15)10-11)16(25)23-17-19-7-5-14(22-17)13-4-2-3-6-18-13/h2-10H,1H3,(H,19,22,23,25). The van der Waals surface area contributed by atoms with Gasteiger partial charge in [-0.2, -0.15) is 5.10 Å². The maximum Gasteiger partial charge on any atom is 0.263 e. The molecule has 0 spiro atoms. The zero-order valence-corrected chi connectivity index (χ0v) is 13.3. The van der Waals surface area contributed by atoms with Crippen molar-refractivity contribution in [2.24, 2.45) is 0 Å². The molecule has 0 saturated carbocycles. The van der Waals surface area contributed by atoms with E-state index in [1.807, 2.05) is 25.1 Å². The molecule has 0 bridgehead atoms. The molecule has 0 aromatic carbocycles. The Kier molecular flexibility index (Phi) is 3.62. The lowest BCUT2D eigenvalue weighted by molar-refractivity contribution is 0.102. The number of rotatable bonds is 3. The SMILES string of the molecule is Cc1cnc2c(C(=O)Nc3nccc(-c4ccccn4)n3)cnn2c1. The average Bonchev–Trinajstić information content (AvgIpc) is 3.06. The van der Waals surface area contributed by atoms with Gasteiger partial charge in [0, 0.05) is 24.8 Å². The van der Waals surface area contributed by atoms with E-state index in [2.05, 4.69) is 30.4 Å². The van der Waals surface area contributed by atoms with Gasteiger partial charge < -0.3 is 0 Å². The molecule has 8 heteroatoms.